The normalized spacial score (nSPS) is 11.2. The van der Waals surface area contributed by atoms with E-state index in [1.54, 1.807) is 0 Å². The van der Waals surface area contributed by atoms with Crippen LogP contribution < -0.4 is 5.73 Å². The predicted molar refractivity (Wildman–Crippen MR) is 67.0 cm³/mol. The van der Waals surface area contributed by atoms with Crippen LogP contribution in [-0.2, 0) is 7.05 Å². The number of imidazole rings is 1. The molecule has 3 rings (SSSR count). The fourth-order valence-electron chi connectivity index (χ4n) is 1.94. The summed E-state index contributed by atoms with van der Waals surface area (Å²) in [6.45, 7) is 2.01. The highest BCUT2D eigenvalue weighted by atomic mass is 15.3. The van der Waals surface area contributed by atoms with Gasteiger partial charge in [0.15, 0.2) is 5.82 Å². The first-order valence-corrected chi connectivity index (χ1v) is 5.41. The molecular formula is C12H13N5. The Bertz CT molecular complexity index is 673. The van der Waals surface area contributed by atoms with E-state index in [9.17, 15) is 0 Å². The molecule has 0 saturated heterocycles. The first kappa shape index (κ1) is 9.89. The molecule has 5 heteroatoms. The van der Waals surface area contributed by atoms with Crippen molar-refractivity contribution < 1.29 is 0 Å². The fourth-order valence-corrected chi connectivity index (χ4v) is 1.94. The summed E-state index contributed by atoms with van der Waals surface area (Å²) in [5.41, 5.74) is 8.89. The lowest BCUT2D eigenvalue weighted by Gasteiger charge is -2.00. The van der Waals surface area contributed by atoms with Crippen molar-refractivity contribution in [3.05, 3.63) is 36.0 Å². The molecule has 17 heavy (non-hydrogen) atoms. The molecule has 0 spiro atoms. The minimum atomic E-state index is 0.462. The molecule has 86 valence electrons. The molecule has 2 aromatic heterocycles. The van der Waals surface area contributed by atoms with Gasteiger partial charge in [-0.05, 0) is 19.1 Å². The van der Waals surface area contributed by atoms with Crippen molar-refractivity contribution in [2.24, 2.45) is 7.05 Å². The van der Waals surface area contributed by atoms with E-state index in [1.807, 2.05) is 53.6 Å². The molecule has 0 radical (unpaired) electrons. The second kappa shape index (κ2) is 3.35. The average Bonchev–Trinajstić information content (AvgIpc) is 2.78. The van der Waals surface area contributed by atoms with E-state index in [-0.39, 0.29) is 0 Å². The van der Waals surface area contributed by atoms with E-state index in [2.05, 4.69) is 10.1 Å². The number of nitrogens with zero attached hydrogens (tertiary/aromatic N) is 4. The van der Waals surface area contributed by atoms with Gasteiger partial charge in [-0.15, -0.1) is 0 Å². The number of aryl methyl sites for hydroxylation is 2. The standard InChI is InChI=1S/C12H13N5/c1-8-7-11(15-16(8)2)17-10-6-4-3-5-9(10)14-12(17)13/h3-7H,1-2H3,(H2,13,14). The topological polar surface area (TPSA) is 61.7 Å². The third-order valence-corrected chi connectivity index (χ3v) is 2.92. The van der Waals surface area contributed by atoms with Crippen LogP contribution in [0.5, 0.6) is 0 Å². The molecular weight excluding hydrogens is 214 g/mol. The summed E-state index contributed by atoms with van der Waals surface area (Å²) in [7, 11) is 1.91. The van der Waals surface area contributed by atoms with Gasteiger partial charge in [0.2, 0.25) is 5.95 Å². The molecule has 0 aliphatic heterocycles. The third-order valence-electron chi connectivity index (χ3n) is 2.92. The Hall–Kier alpha value is -2.30. The zero-order chi connectivity index (χ0) is 12.0. The van der Waals surface area contributed by atoms with Crippen LogP contribution >= 0.6 is 0 Å². The van der Waals surface area contributed by atoms with Gasteiger partial charge >= 0.3 is 0 Å². The van der Waals surface area contributed by atoms with Crippen molar-refractivity contribution in [1.29, 1.82) is 0 Å². The number of nitrogens with two attached hydrogens (primary N) is 1. The SMILES string of the molecule is Cc1cc(-n2c(N)nc3ccccc32)nn1C. The molecule has 0 amide bonds. The molecule has 0 fully saturated rings. The lowest BCUT2D eigenvalue weighted by molar-refractivity contribution is 0.730. The van der Waals surface area contributed by atoms with Gasteiger partial charge in [0.05, 0.1) is 11.0 Å². The van der Waals surface area contributed by atoms with Crippen LogP contribution in [0.25, 0.3) is 16.9 Å². The van der Waals surface area contributed by atoms with Gasteiger partial charge in [-0.3, -0.25) is 9.25 Å². The molecule has 0 saturated carbocycles. The lowest BCUT2D eigenvalue weighted by Crippen LogP contribution is -2.02. The maximum absolute atomic E-state index is 5.95. The number of rotatable bonds is 1. The van der Waals surface area contributed by atoms with Gasteiger partial charge < -0.3 is 5.73 Å². The van der Waals surface area contributed by atoms with E-state index in [0.717, 1.165) is 22.5 Å². The van der Waals surface area contributed by atoms with Crippen LogP contribution in [0, 0.1) is 6.92 Å². The lowest BCUT2D eigenvalue weighted by atomic mass is 10.3. The number of aromatic nitrogens is 4. The molecule has 0 bridgehead atoms. The summed E-state index contributed by atoms with van der Waals surface area (Å²) in [4.78, 5) is 4.32. The summed E-state index contributed by atoms with van der Waals surface area (Å²) in [6, 6.07) is 9.84. The van der Waals surface area contributed by atoms with Crippen LogP contribution in [0.3, 0.4) is 0 Å². The van der Waals surface area contributed by atoms with E-state index >= 15 is 0 Å². The van der Waals surface area contributed by atoms with Crippen molar-refractivity contribution >= 4 is 17.0 Å². The molecule has 0 aliphatic carbocycles. The third kappa shape index (κ3) is 1.39. The number of hydrogen-bond donors (Lipinski definition) is 1. The average molecular weight is 227 g/mol. The zero-order valence-corrected chi connectivity index (χ0v) is 9.75. The molecule has 0 unspecified atom stereocenters. The highest BCUT2D eigenvalue weighted by Crippen LogP contribution is 2.22. The quantitative estimate of drug-likeness (QED) is 0.687. The Morgan fingerprint density at radius 2 is 2.00 bits per heavy atom. The monoisotopic (exact) mass is 227 g/mol. The number of nitrogen functional groups attached to an aromatic ring is 1. The summed E-state index contributed by atoms with van der Waals surface area (Å²) in [5.74, 6) is 1.26. The number of hydrogen-bond acceptors (Lipinski definition) is 3. The predicted octanol–water partition coefficient (Wildman–Crippen LogP) is 1.65. The van der Waals surface area contributed by atoms with Crippen molar-refractivity contribution in [3.8, 4) is 5.82 Å². The van der Waals surface area contributed by atoms with E-state index in [1.165, 1.54) is 0 Å². The smallest absolute Gasteiger partial charge is 0.207 e. The maximum Gasteiger partial charge on any atom is 0.207 e. The van der Waals surface area contributed by atoms with E-state index < -0.39 is 0 Å². The molecule has 0 atom stereocenters. The molecule has 2 heterocycles. The molecule has 2 N–H and O–H groups in total. The Balaban J connectivity index is 2.33. The first-order chi connectivity index (χ1) is 8.16. The highest BCUT2D eigenvalue weighted by Gasteiger charge is 2.12. The summed E-state index contributed by atoms with van der Waals surface area (Å²) < 4.78 is 3.69. The second-order valence-electron chi connectivity index (χ2n) is 4.06. The Kier molecular flexibility index (Phi) is 1.95. The van der Waals surface area contributed by atoms with Crippen molar-refractivity contribution in [1.82, 2.24) is 19.3 Å². The summed E-state index contributed by atoms with van der Waals surface area (Å²) in [5, 5.41) is 4.42. The fraction of sp³-hybridized carbons (Fsp3) is 0.167. The van der Waals surface area contributed by atoms with Gasteiger partial charge in [0.1, 0.15) is 0 Å². The van der Waals surface area contributed by atoms with Crippen LogP contribution in [0.4, 0.5) is 5.95 Å². The second-order valence-corrected chi connectivity index (χ2v) is 4.06. The zero-order valence-electron chi connectivity index (χ0n) is 9.75. The van der Waals surface area contributed by atoms with Crippen LogP contribution in [0.1, 0.15) is 5.69 Å². The van der Waals surface area contributed by atoms with Crippen LogP contribution in [-0.4, -0.2) is 19.3 Å². The van der Waals surface area contributed by atoms with E-state index in [4.69, 9.17) is 5.73 Å². The maximum atomic E-state index is 5.95. The van der Waals surface area contributed by atoms with E-state index in [0.29, 0.717) is 5.95 Å². The molecule has 5 nitrogen and oxygen atoms in total. The highest BCUT2D eigenvalue weighted by molar-refractivity contribution is 5.80. The molecule has 3 aromatic rings. The number of fused-ring (bicyclic) bond motifs is 1. The van der Waals surface area contributed by atoms with Gasteiger partial charge in [-0.1, -0.05) is 12.1 Å². The van der Waals surface area contributed by atoms with Crippen molar-refractivity contribution in [2.45, 2.75) is 6.92 Å². The number of benzene rings is 1. The minimum Gasteiger partial charge on any atom is -0.369 e. The Morgan fingerprint density at radius 3 is 2.71 bits per heavy atom. The van der Waals surface area contributed by atoms with Crippen LogP contribution in [0.2, 0.25) is 0 Å². The van der Waals surface area contributed by atoms with Gasteiger partial charge in [-0.25, -0.2) is 4.98 Å². The van der Waals surface area contributed by atoms with Crippen molar-refractivity contribution in [3.63, 3.8) is 0 Å². The van der Waals surface area contributed by atoms with Gasteiger partial charge in [0, 0.05) is 18.8 Å². The number of anilines is 1. The van der Waals surface area contributed by atoms with Crippen LogP contribution in [0.15, 0.2) is 30.3 Å². The Morgan fingerprint density at radius 1 is 1.24 bits per heavy atom. The van der Waals surface area contributed by atoms with Crippen molar-refractivity contribution in [2.75, 3.05) is 5.73 Å². The molecule has 0 aliphatic rings. The number of para-hydroxylation sites is 2. The molecule has 1 aromatic carbocycles. The minimum absolute atomic E-state index is 0.462. The summed E-state index contributed by atoms with van der Waals surface area (Å²) >= 11 is 0. The first-order valence-electron chi connectivity index (χ1n) is 5.41. The van der Waals surface area contributed by atoms with Gasteiger partial charge in [-0.2, -0.15) is 5.10 Å². The van der Waals surface area contributed by atoms with Gasteiger partial charge in [0.25, 0.3) is 0 Å². The summed E-state index contributed by atoms with van der Waals surface area (Å²) in [6.07, 6.45) is 0. The Labute approximate surface area is 98.5 Å². The largest absolute Gasteiger partial charge is 0.369 e.